The molecule has 1 aromatic carbocycles. The molecule has 134 valence electrons. The lowest BCUT2D eigenvalue weighted by Gasteiger charge is -2.35. The third kappa shape index (κ3) is 4.76. The van der Waals surface area contributed by atoms with E-state index in [2.05, 4.69) is 15.5 Å². The summed E-state index contributed by atoms with van der Waals surface area (Å²) in [7, 11) is -3.13. The Bertz CT molecular complexity index is 820. The van der Waals surface area contributed by atoms with Crippen molar-refractivity contribution < 1.29 is 13.2 Å². The number of nitrogens with zero attached hydrogens (tertiary/aromatic N) is 3. The summed E-state index contributed by atoms with van der Waals surface area (Å²) in [5.74, 6) is 0.0103. The molecule has 0 spiro atoms. The predicted octanol–water partition coefficient (Wildman–Crippen LogP) is 2.64. The van der Waals surface area contributed by atoms with Crippen LogP contribution in [0.3, 0.4) is 0 Å². The number of nitrogens with one attached hydrogen (secondary N) is 1. The number of anilines is 1. The van der Waals surface area contributed by atoms with Crippen LogP contribution in [-0.4, -0.2) is 54.1 Å². The smallest absolute Gasteiger partial charge is 0.321 e. The zero-order chi connectivity index (χ0) is 17.9. The molecule has 1 saturated heterocycles. The minimum atomic E-state index is -3.13. The van der Waals surface area contributed by atoms with E-state index in [0.29, 0.717) is 12.2 Å². The Morgan fingerprint density at radius 1 is 1.32 bits per heavy atom. The van der Waals surface area contributed by atoms with Gasteiger partial charge in [-0.15, -0.1) is 10.2 Å². The Hall–Kier alpha value is -2.00. The van der Waals surface area contributed by atoms with E-state index in [1.54, 1.807) is 10.4 Å². The Morgan fingerprint density at radius 3 is 2.72 bits per heavy atom. The van der Waals surface area contributed by atoms with Crippen LogP contribution in [-0.2, 0) is 9.84 Å². The fourth-order valence-corrected chi connectivity index (χ4v) is 4.59. The Kier molecular flexibility index (Phi) is 5.33. The predicted molar refractivity (Wildman–Crippen MR) is 98.4 cm³/mol. The van der Waals surface area contributed by atoms with Crippen LogP contribution >= 0.6 is 11.3 Å². The summed E-state index contributed by atoms with van der Waals surface area (Å²) < 4.78 is 23.2. The molecule has 1 fully saturated rings. The Labute approximate surface area is 151 Å². The van der Waals surface area contributed by atoms with Crippen LogP contribution in [0.2, 0.25) is 0 Å². The number of hydrogen-bond acceptors (Lipinski definition) is 6. The van der Waals surface area contributed by atoms with Crippen molar-refractivity contribution >= 4 is 32.9 Å². The van der Waals surface area contributed by atoms with Gasteiger partial charge >= 0.3 is 6.03 Å². The number of sulfone groups is 1. The first kappa shape index (κ1) is 17.8. The molecule has 1 N–H and O–H groups in total. The average Bonchev–Trinajstić information content (AvgIpc) is 3.09. The average molecular weight is 380 g/mol. The number of likely N-dealkylation sites (tertiary alicyclic amines) is 1. The van der Waals surface area contributed by atoms with E-state index in [9.17, 15) is 13.2 Å². The van der Waals surface area contributed by atoms with Gasteiger partial charge in [0.05, 0.1) is 5.75 Å². The molecule has 1 aliphatic rings. The van der Waals surface area contributed by atoms with Crippen molar-refractivity contribution in [3.05, 3.63) is 29.8 Å². The molecule has 0 radical (unpaired) electrons. The highest BCUT2D eigenvalue weighted by Crippen LogP contribution is 2.23. The minimum absolute atomic E-state index is 0.0103. The van der Waals surface area contributed by atoms with Crippen LogP contribution in [0.1, 0.15) is 19.3 Å². The highest BCUT2D eigenvalue weighted by atomic mass is 32.2. The van der Waals surface area contributed by atoms with Gasteiger partial charge in [0.15, 0.2) is 0 Å². The molecule has 0 saturated carbocycles. The van der Waals surface area contributed by atoms with E-state index in [1.807, 2.05) is 24.3 Å². The highest BCUT2D eigenvalue weighted by Gasteiger charge is 2.29. The van der Waals surface area contributed by atoms with Gasteiger partial charge in [-0.1, -0.05) is 11.3 Å². The van der Waals surface area contributed by atoms with Crippen molar-refractivity contribution in [3.8, 4) is 10.6 Å². The fourth-order valence-electron chi connectivity index (χ4n) is 2.98. The summed E-state index contributed by atoms with van der Waals surface area (Å²) in [4.78, 5) is 14.2. The summed E-state index contributed by atoms with van der Waals surface area (Å²) >= 11 is 1.45. The number of aromatic nitrogens is 2. The Balaban J connectivity index is 1.68. The van der Waals surface area contributed by atoms with E-state index in [4.69, 9.17) is 0 Å². The van der Waals surface area contributed by atoms with Crippen LogP contribution in [0.5, 0.6) is 0 Å². The second-order valence-electron chi connectivity index (χ2n) is 6.19. The number of urea groups is 1. The number of carbonyl (C=O) groups excluding carboxylic acids is 1. The Morgan fingerprint density at radius 2 is 2.08 bits per heavy atom. The van der Waals surface area contributed by atoms with Crippen molar-refractivity contribution in [2.24, 2.45) is 0 Å². The molecule has 1 aromatic heterocycles. The molecule has 25 heavy (non-hydrogen) atoms. The van der Waals surface area contributed by atoms with Gasteiger partial charge in [-0.2, -0.15) is 0 Å². The van der Waals surface area contributed by atoms with Crippen molar-refractivity contribution in [2.45, 2.75) is 25.3 Å². The largest absolute Gasteiger partial charge is 0.322 e. The summed E-state index contributed by atoms with van der Waals surface area (Å²) in [6.45, 7) is 0.578. The maximum absolute atomic E-state index is 12.6. The zero-order valence-electron chi connectivity index (χ0n) is 13.9. The number of hydrogen-bond donors (Lipinski definition) is 1. The minimum Gasteiger partial charge on any atom is -0.321 e. The van der Waals surface area contributed by atoms with Gasteiger partial charge in [-0.05, 0) is 43.5 Å². The molecular weight excluding hydrogens is 360 g/mol. The molecular formula is C16H20N4O3S2. The van der Waals surface area contributed by atoms with E-state index in [0.717, 1.165) is 29.8 Å². The number of rotatable bonds is 4. The van der Waals surface area contributed by atoms with Gasteiger partial charge in [0.25, 0.3) is 0 Å². The molecule has 9 heteroatoms. The van der Waals surface area contributed by atoms with Crippen LogP contribution in [0.15, 0.2) is 29.8 Å². The molecule has 1 unspecified atom stereocenters. The SMILES string of the molecule is CS(=O)(=O)CC1CCCCN1C(=O)Nc1ccc(-c2nncs2)cc1. The van der Waals surface area contributed by atoms with Crippen LogP contribution in [0.25, 0.3) is 10.6 Å². The third-order valence-corrected chi connectivity index (χ3v) is 5.86. The lowest BCUT2D eigenvalue weighted by molar-refractivity contribution is 0.171. The number of carbonyl (C=O) groups is 1. The van der Waals surface area contributed by atoms with Gasteiger partial charge in [-0.25, -0.2) is 13.2 Å². The second-order valence-corrected chi connectivity index (χ2v) is 9.20. The topological polar surface area (TPSA) is 92.3 Å². The molecule has 0 aliphatic carbocycles. The second kappa shape index (κ2) is 7.49. The zero-order valence-corrected chi connectivity index (χ0v) is 15.5. The van der Waals surface area contributed by atoms with Crippen LogP contribution in [0, 0.1) is 0 Å². The van der Waals surface area contributed by atoms with E-state index in [-0.39, 0.29) is 17.8 Å². The van der Waals surface area contributed by atoms with Crippen molar-refractivity contribution in [3.63, 3.8) is 0 Å². The first-order valence-corrected chi connectivity index (χ1v) is 11.0. The monoisotopic (exact) mass is 380 g/mol. The lowest BCUT2D eigenvalue weighted by atomic mass is 10.0. The molecule has 0 bridgehead atoms. The molecule has 1 aliphatic heterocycles. The molecule has 2 aromatic rings. The first-order valence-electron chi connectivity index (χ1n) is 8.04. The summed E-state index contributed by atoms with van der Waals surface area (Å²) in [6, 6.07) is 6.86. The normalized spacial score (nSPS) is 18.1. The summed E-state index contributed by atoms with van der Waals surface area (Å²) in [5.41, 5.74) is 3.28. The molecule has 2 heterocycles. The van der Waals surface area contributed by atoms with Gasteiger partial charge in [0, 0.05) is 30.1 Å². The standard InChI is InChI=1S/C16H20N4O3S2/c1-25(22,23)10-14-4-2-3-9-20(14)16(21)18-13-7-5-12(6-8-13)15-19-17-11-24-15/h5-8,11,14H,2-4,9-10H2,1H3,(H,18,21). The van der Waals surface area contributed by atoms with Crippen LogP contribution in [0.4, 0.5) is 10.5 Å². The summed E-state index contributed by atoms with van der Waals surface area (Å²) in [5, 5.41) is 11.5. The van der Waals surface area contributed by atoms with E-state index < -0.39 is 9.84 Å². The number of piperidine rings is 1. The maximum Gasteiger partial charge on any atom is 0.322 e. The molecule has 7 nitrogen and oxygen atoms in total. The molecule has 2 amide bonds. The lowest BCUT2D eigenvalue weighted by Crippen LogP contribution is -2.48. The number of benzene rings is 1. The fraction of sp³-hybridized carbons (Fsp3) is 0.438. The van der Waals surface area contributed by atoms with Crippen molar-refractivity contribution in [2.75, 3.05) is 23.9 Å². The van der Waals surface area contributed by atoms with Crippen molar-refractivity contribution in [1.82, 2.24) is 15.1 Å². The summed E-state index contributed by atoms with van der Waals surface area (Å²) in [6.07, 6.45) is 3.77. The third-order valence-electron chi connectivity index (χ3n) is 4.13. The maximum atomic E-state index is 12.6. The van der Waals surface area contributed by atoms with Gasteiger partial charge in [-0.3, -0.25) is 0 Å². The van der Waals surface area contributed by atoms with Gasteiger partial charge in [0.2, 0.25) is 0 Å². The van der Waals surface area contributed by atoms with E-state index in [1.165, 1.54) is 17.6 Å². The van der Waals surface area contributed by atoms with Gasteiger partial charge < -0.3 is 10.2 Å². The quantitative estimate of drug-likeness (QED) is 0.880. The number of amides is 2. The first-order chi connectivity index (χ1) is 11.9. The van der Waals surface area contributed by atoms with Crippen molar-refractivity contribution in [1.29, 1.82) is 0 Å². The van der Waals surface area contributed by atoms with Gasteiger partial charge in [0.1, 0.15) is 20.4 Å². The highest BCUT2D eigenvalue weighted by molar-refractivity contribution is 7.90. The molecule has 1 atom stereocenters. The molecule has 3 rings (SSSR count). The van der Waals surface area contributed by atoms with Crippen LogP contribution < -0.4 is 5.32 Å². The van der Waals surface area contributed by atoms with E-state index >= 15 is 0 Å².